The van der Waals surface area contributed by atoms with Crippen LogP contribution in [0.5, 0.6) is 0 Å². The van der Waals surface area contributed by atoms with Gasteiger partial charge in [-0.15, -0.1) is 0 Å². The number of rotatable bonds is 12. The van der Waals surface area contributed by atoms with Crippen molar-refractivity contribution in [3.8, 4) is 0 Å². The predicted molar refractivity (Wildman–Crippen MR) is 288 cm³/mol. The molecule has 0 bridgehead atoms. The normalized spacial score (nSPS) is 47.0. The lowest BCUT2D eigenvalue weighted by Gasteiger charge is -2.37. The molecule has 576 valence electrons. The lowest BCUT2D eigenvalue weighted by Crippen LogP contribution is -2.58. The van der Waals surface area contributed by atoms with Gasteiger partial charge in [0.2, 0.25) is 0 Å². The van der Waals surface area contributed by atoms with Gasteiger partial charge in [0.15, 0.2) is 50.3 Å². The van der Waals surface area contributed by atoms with Gasteiger partial charge in [0.1, 0.15) is 195 Å². The smallest absolute Gasteiger partial charge is 0.184 e. The quantitative estimate of drug-likeness (QED) is 0.0863. The van der Waals surface area contributed by atoms with Crippen molar-refractivity contribution in [1.82, 2.24) is 0 Å². The molecule has 96 heavy (non-hydrogen) atoms. The third-order valence-corrected chi connectivity index (χ3v) is 14.8. The molecule has 8 unspecified atom stereocenters. The van der Waals surface area contributed by atoms with Crippen LogP contribution in [0.25, 0.3) is 0 Å². The van der Waals surface area contributed by atoms with E-state index >= 15 is 0 Å². The number of hydrogen-bond donors (Lipinski definition) is 40. The van der Waals surface area contributed by atoms with Crippen LogP contribution in [0, 0.1) is 0 Å². The average Bonchev–Trinajstić information content (AvgIpc) is 1.87. The van der Waals surface area contributed by atoms with E-state index in [0.717, 1.165) is 0 Å². The Kier molecular flexibility index (Phi) is 42.1. The van der Waals surface area contributed by atoms with Crippen LogP contribution in [-0.4, -0.2) is 503 Å². The molecule has 8 heterocycles. The Bertz CT molecular complexity index is 1730. The minimum absolute atomic E-state index is 0.526. The molecule has 8 aliphatic rings. The number of hydrogen-bond acceptors (Lipinski definition) is 48. The maximum Gasteiger partial charge on any atom is 0.184 e. The van der Waals surface area contributed by atoms with Gasteiger partial charge in [-0.1, -0.05) is 0 Å². The summed E-state index contributed by atoms with van der Waals surface area (Å²) >= 11 is 0. The van der Waals surface area contributed by atoms with E-state index < -0.39 is 299 Å². The first-order chi connectivity index (χ1) is 44.6. The molecule has 0 aliphatic carbocycles. The second kappa shape index (κ2) is 43.9. The highest BCUT2D eigenvalue weighted by atomic mass is 16.7. The molecule has 8 aliphatic heterocycles. The topological polar surface area (TPSA) is 883 Å². The first-order valence-electron chi connectivity index (χ1n) is 28.5. The van der Waals surface area contributed by atoms with Crippen LogP contribution in [0.2, 0.25) is 0 Å². The zero-order valence-corrected chi connectivity index (χ0v) is 49.9. The fraction of sp³-hybridized carbons (Fsp3) is 1.00. The van der Waals surface area contributed by atoms with Crippen molar-refractivity contribution in [1.29, 1.82) is 0 Å². The predicted octanol–water partition coefficient (Wildman–Crippen LogP) is -25.8. The largest absolute Gasteiger partial charge is 0.394 e. The van der Waals surface area contributed by atoms with Crippen LogP contribution in [0.1, 0.15) is 0 Å². The molecule has 0 aromatic heterocycles. The number of aliphatic hydroxyl groups is 40. The zero-order valence-electron chi connectivity index (χ0n) is 49.9. The molecule has 8 fully saturated rings. The zero-order chi connectivity index (χ0) is 74.4. The van der Waals surface area contributed by atoms with Crippen LogP contribution >= 0.6 is 0 Å². The van der Waals surface area contributed by atoms with Crippen molar-refractivity contribution in [3.05, 3.63) is 0 Å². The Labute approximate surface area is 540 Å². The summed E-state index contributed by atoms with van der Waals surface area (Å²) < 4.78 is 36.6. The summed E-state index contributed by atoms with van der Waals surface area (Å²) in [6, 6.07) is 0. The van der Waals surface area contributed by atoms with Gasteiger partial charge in [-0.3, -0.25) is 0 Å². The Morgan fingerprint density at radius 2 is 0.292 bits per heavy atom. The lowest BCUT2D eigenvalue weighted by molar-refractivity contribution is -0.286. The van der Waals surface area contributed by atoms with E-state index in [4.69, 9.17) is 204 Å². The summed E-state index contributed by atoms with van der Waals surface area (Å²) in [5, 5.41) is 356. The fourth-order valence-corrected chi connectivity index (χ4v) is 8.76. The van der Waals surface area contributed by atoms with Crippen LogP contribution in [0.4, 0.5) is 0 Å². The van der Waals surface area contributed by atoms with E-state index in [1.807, 2.05) is 0 Å². The highest BCUT2D eigenvalue weighted by Crippen LogP contribution is 2.27. The van der Waals surface area contributed by atoms with Gasteiger partial charge in [0, 0.05) is 0 Å². The SMILES string of the molecule is OCC1O[C@@H](O)C(O)[C@@H](O)[C@@H]1O.OCC1O[C@@H](O)C(O)[C@@H](O)[C@@H]1O.OCC1O[C@H](O)C(O)[C@@H](O)[C@@H]1O.OCC1O[C@H](O)C(O)[C@@H](O)[C@@H]1O.OC[C@H](O)[C@H]1O[C@@H](O)[C@@H](O)[C@@H]1O.OC[C@H](O)[C@H]1O[C@@H](O)[C@H](O)[C@@H]1O.OC[C@H](O)[C@H]1O[C@H](O)[C@@H](O)[C@@H]1O.OC[C@H](O)[C@H]1O[C@H](O)[C@H](O)[C@@H]1O. The van der Waals surface area contributed by atoms with Crippen molar-refractivity contribution in [2.75, 3.05) is 52.9 Å². The molecule has 0 aromatic carbocycles. The maximum absolute atomic E-state index is 9.12. The summed E-state index contributed by atoms with van der Waals surface area (Å²) in [6.07, 6.45) is -55.2. The first kappa shape index (κ1) is 92.1. The van der Waals surface area contributed by atoms with E-state index in [1.165, 1.54) is 0 Å². The number of ether oxygens (including phenoxy) is 8. The van der Waals surface area contributed by atoms with Gasteiger partial charge in [0.25, 0.3) is 0 Å². The Morgan fingerprint density at radius 1 is 0.167 bits per heavy atom. The molecule has 48 heteroatoms. The highest BCUT2D eigenvalue weighted by Gasteiger charge is 2.50. The van der Waals surface area contributed by atoms with Crippen molar-refractivity contribution in [2.24, 2.45) is 0 Å². The third kappa shape index (κ3) is 25.2. The summed E-state index contributed by atoms with van der Waals surface area (Å²) in [6.45, 7) is -4.49. The third-order valence-electron chi connectivity index (χ3n) is 14.8. The Balaban J connectivity index is 0.000000549. The monoisotopic (exact) mass is 1440 g/mol. The van der Waals surface area contributed by atoms with E-state index in [-0.39, 0.29) is 0 Å². The molecule has 40 N–H and O–H groups in total. The standard InChI is InChI=1S/8C6H12O6/c4*7-1-2(8)5-3(9)4(10)6(11)12-5;4*7-1-2-3(8)4(9)5(10)6(11)12-2/h8*2-11H,1H2/t2-,3-,4+,5+,6+;2-,3-,4+,5+,6-;2-,3-,4-,5+,6+;2-,3-,4-,5+,6-;2*2?,3-,4+,5?,6+;2*2?,3-,4+,5?,6-/m00001111/s1. The molecule has 0 spiro atoms. The molecule has 0 amide bonds. The van der Waals surface area contributed by atoms with E-state index in [9.17, 15) is 0 Å². The van der Waals surface area contributed by atoms with Crippen LogP contribution in [0.3, 0.4) is 0 Å². The molecule has 8 rings (SSSR count). The van der Waals surface area contributed by atoms with Gasteiger partial charge in [-0.05, 0) is 0 Å². The highest BCUT2D eigenvalue weighted by molar-refractivity contribution is 4.94. The van der Waals surface area contributed by atoms with Gasteiger partial charge in [0.05, 0.1) is 52.9 Å². The van der Waals surface area contributed by atoms with Crippen LogP contribution in [-0.2, 0) is 37.9 Å². The first-order valence-corrected chi connectivity index (χ1v) is 28.5. The van der Waals surface area contributed by atoms with E-state index in [0.29, 0.717) is 0 Å². The summed E-state index contributed by atoms with van der Waals surface area (Å²) in [5.41, 5.74) is 0. The number of aliphatic hydroxyl groups excluding tert-OH is 40. The molecule has 8 saturated heterocycles. The maximum atomic E-state index is 9.12. The van der Waals surface area contributed by atoms with E-state index in [1.54, 1.807) is 0 Å². The molecular formula is C48H96O48. The minimum Gasteiger partial charge on any atom is -0.394 e. The van der Waals surface area contributed by atoms with Crippen molar-refractivity contribution in [3.63, 3.8) is 0 Å². The molecular weight excluding hydrogens is 1340 g/mol. The molecule has 0 saturated carbocycles. The van der Waals surface area contributed by atoms with Gasteiger partial charge < -0.3 is 242 Å². The van der Waals surface area contributed by atoms with Gasteiger partial charge in [-0.25, -0.2) is 0 Å². The second-order valence-corrected chi connectivity index (χ2v) is 21.8. The molecule has 40 atom stereocenters. The van der Waals surface area contributed by atoms with Crippen molar-refractivity contribution < 1.29 is 242 Å². The summed E-state index contributed by atoms with van der Waals surface area (Å²) in [4.78, 5) is 0. The average molecular weight is 1440 g/mol. The molecule has 0 radical (unpaired) electrons. The van der Waals surface area contributed by atoms with Gasteiger partial charge in [-0.2, -0.15) is 0 Å². The molecule has 0 aromatic rings. The lowest BCUT2D eigenvalue weighted by atomic mass is 10.00. The van der Waals surface area contributed by atoms with Gasteiger partial charge >= 0.3 is 0 Å². The Morgan fingerprint density at radius 3 is 0.396 bits per heavy atom. The fourth-order valence-electron chi connectivity index (χ4n) is 8.76. The van der Waals surface area contributed by atoms with Crippen LogP contribution in [0.15, 0.2) is 0 Å². The van der Waals surface area contributed by atoms with Crippen molar-refractivity contribution in [2.45, 2.75) is 246 Å². The van der Waals surface area contributed by atoms with E-state index in [2.05, 4.69) is 37.9 Å². The second-order valence-electron chi connectivity index (χ2n) is 21.8. The van der Waals surface area contributed by atoms with Crippen molar-refractivity contribution >= 4 is 0 Å². The summed E-state index contributed by atoms with van der Waals surface area (Å²) in [5.74, 6) is 0. The summed E-state index contributed by atoms with van der Waals surface area (Å²) in [7, 11) is 0. The molecule has 48 nitrogen and oxygen atoms in total. The van der Waals surface area contributed by atoms with Crippen LogP contribution < -0.4 is 0 Å². The Hall–Kier alpha value is -1.92. The minimum atomic E-state index is -1.57.